The molecule has 11 heteroatoms. The van der Waals surface area contributed by atoms with E-state index in [4.69, 9.17) is 0 Å². The highest BCUT2D eigenvalue weighted by molar-refractivity contribution is 6.21. The van der Waals surface area contributed by atoms with Crippen molar-refractivity contribution >= 4 is 34.7 Å². The van der Waals surface area contributed by atoms with Gasteiger partial charge in [0.2, 0.25) is 5.91 Å². The van der Waals surface area contributed by atoms with Crippen LogP contribution in [0.2, 0.25) is 0 Å². The third-order valence-corrected chi connectivity index (χ3v) is 5.73. The fourth-order valence-electron chi connectivity index (χ4n) is 4.05. The van der Waals surface area contributed by atoms with Gasteiger partial charge in [-0.1, -0.05) is 17.3 Å². The number of hydrogen-bond donors (Lipinski definition) is 0. The molecule has 0 saturated carbocycles. The van der Waals surface area contributed by atoms with Crippen molar-refractivity contribution in [2.24, 2.45) is 7.05 Å². The molecular weight excluding hydrogens is 400 g/mol. The standard InChI is InChI=1S/C20H20N8O3/c1-25-17-16(23-24-25)18(22-12-21-17)27-10-8-26(9-11-27)15(29)6-7-28-19(30)13-4-2-3-5-14(13)20(28)31/h2-5,12H,6-11H2,1H3. The predicted octanol–water partition coefficient (Wildman–Crippen LogP) is 0.0932. The minimum Gasteiger partial charge on any atom is -0.351 e. The first kappa shape index (κ1) is 19.1. The second kappa shape index (κ2) is 7.42. The Bertz CT molecular complexity index is 1160. The van der Waals surface area contributed by atoms with Crippen LogP contribution in [0, 0.1) is 0 Å². The fraction of sp³-hybridized carbons (Fsp3) is 0.350. The zero-order valence-corrected chi connectivity index (χ0v) is 16.9. The van der Waals surface area contributed by atoms with Crippen molar-refractivity contribution in [2.75, 3.05) is 37.6 Å². The molecule has 31 heavy (non-hydrogen) atoms. The number of rotatable bonds is 4. The molecule has 0 radical (unpaired) electrons. The van der Waals surface area contributed by atoms with Gasteiger partial charge in [0.15, 0.2) is 17.0 Å². The molecule has 1 saturated heterocycles. The van der Waals surface area contributed by atoms with Crippen LogP contribution in [-0.4, -0.2) is 85.2 Å². The summed E-state index contributed by atoms with van der Waals surface area (Å²) >= 11 is 0. The van der Waals surface area contributed by atoms with Gasteiger partial charge in [0.05, 0.1) is 11.1 Å². The minimum atomic E-state index is -0.338. The molecule has 0 aliphatic carbocycles. The molecule has 158 valence electrons. The smallest absolute Gasteiger partial charge is 0.261 e. The van der Waals surface area contributed by atoms with E-state index in [0.717, 1.165) is 4.90 Å². The molecule has 3 amide bonds. The summed E-state index contributed by atoms with van der Waals surface area (Å²) in [7, 11) is 1.77. The zero-order valence-electron chi connectivity index (χ0n) is 16.9. The van der Waals surface area contributed by atoms with Gasteiger partial charge in [0.25, 0.3) is 11.8 Å². The Morgan fingerprint density at radius 2 is 1.68 bits per heavy atom. The van der Waals surface area contributed by atoms with Gasteiger partial charge < -0.3 is 9.80 Å². The Kier molecular flexibility index (Phi) is 4.57. The Morgan fingerprint density at radius 3 is 2.35 bits per heavy atom. The molecule has 1 fully saturated rings. The topological polar surface area (TPSA) is 117 Å². The second-order valence-electron chi connectivity index (χ2n) is 7.51. The first-order valence-electron chi connectivity index (χ1n) is 10.0. The molecule has 0 atom stereocenters. The van der Waals surface area contributed by atoms with Crippen LogP contribution in [0.4, 0.5) is 5.82 Å². The predicted molar refractivity (Wildman–Crippen MR) is 109 cm³/mol. The number of nitrogens with zero attached hydrogens (tertiary/aromatic N) is 8. The van der Waals surface area contributed by atoms with Gasteiger partial charge in [-0.2, -0.15) is 0 Å². The van der Waals surface area contributed by atoms with E-state index in [2.05, 4.69) is 25.2 Å². The number of carbonyl (C=O) groups is 3. The number of aromatic nitrogens is 5. The first-order valence-corrected chi connectivity index (χ1v) is 10.0. The normalized spacial score (nSPS) is 16.4. The van der Waals surface area contributed by atoms with E-state index < -0.39 is 0 Å². The highest BCUT2D eigenvalue weighted by atomic mass is 16.2. The maximum atomic E-state index is 12.7. The van der Waals surface area contributed by atoms with Gasteiger partial charge >= 0.3 is 0 Å². The molecular formula is C20H20N8O3. The van der Waals surface area contributed by atoms with Crippen molar-refractivity contribution in [3.8, 4) is 0 Å². The highest BCUT2D eigenvalue weighted by Gasteiger charge is 2.35. The van der Waals surface area contributed by atoms with Crippen LogP contribution in [0.25, 0.3) is 11.2 Å². The van der Waals surface area contributed by atoms with Crippen LogP contribution in [0.5, 0.6) is 0 Å². The van der Waals surface area contributed by atoms with Crippen LogP contribution < -0.4 is 4.90 Å². The van der Waals surface area contributed by atoms with E-state index in [-0.39, 0.29) is 30.7 Å². The number of benzene rings is 1. The maximum absolute atomic E-state index is 12.7. The third-order valence-electron chi connectivity index (χ3n) is 5.73. The van der Waals surface area contributed by atoms with Crippen molar-refractivity contribution in [2.45, 2.75) is 6.42 Å². The van der Waals surface area contributed by atoms with E-state index in [0.29, 0.717) is 54.3 Å². The van der Waals surface area contributed by atoms with Gasteiger partial charge in [-0.25, -0.2) is 14.6 Å². The lowest BCUT2D eigenvalue weighted by molar-refractivity contribution is -0.131. The Hall–Kier alpha value is -3.89. The fourth-order valence-corrected chi connectivity index (χ4v) is 4.05. The molecule has 2 aliphatic heterocycles. The molecule has 0 N–H and O–H groups in total. The van der Waals surface area contributed by atoms with Crippen molar-refractivity contribution in [3.05, 3.63) is 41.7 Å². The number of amides is 3. The Balaban J connectivity index is 1.19. The average Bonchev–Trinajstić information content (AvgIpc) is 3.30. The lowest BCUT2D eigenvalue weighted by atomic mass is 10.1. The number of hydrogen-bond acceptors (Lipinski definition) is 8. The SMILES string of the molecule is Cn1nnc2c(N3CCN(C(=O)CCN4C(=O)c5ccccc5C4=O)CC3)ncnc21. The second-order valence-corrected chi connectivity index (χ2v) is 7.51. The number of aryl methyl sites for hydroxylation is 1. The molecule has 4 heterocycles. The first-order chi connectivity index (χ1) is 15.0. The quantitative estimate of drug-likeness (QED) is 0.545. The number of carbonyl (C=O) groups excluding carboxylic acids is 3. The summed E-state index contributed by atoms with van der Waals surface area (Å²) in [5.41, 5.74) is 2.09. The Labute approximate surface area is 177 Å². The summed E-state index contributed by atoms with van der Waals surface area (Å²) in [6, 6.07) is 6.73. The summed E-state index contributed by atoms with van der Waals surface area (Å²) in [4.78, 5) is 51.1. The van der Waals surface area contributed by atoms with Crippen molar-refractivity contribution in [1.29, 1.82) is 0 Å². The van der Waals surface area contributed by atoms with Crippen molar-refractivity contribution < 1.29 is 14.4 Å². The number of piperazine rings is 1. The molecule has 5 rings (SSSR count). The van der Waals surface area contributed by atoms with E-state index in [9.17, 15) is 14.4 Å². The van der Waals surface area contributed by atoms with E-state index in [1.54, 1.807) is 40.9 Å². The van der Waals surface area contributed by atoms with Gasteiger partial charge in [-0.15, -0.1) is 5.10 Å². The van der Waals surface area contributed by atoms with Crippen LogP contribution in [0.15, 0.2) is 30.6 Å². The molecule has 11 nitrogen and oxygen atoms in total. The van der Waals surface area contributed by atoms with Gasteiger partial charge in [0.1, 0.15) is 6.33 Å². The summed E-state index contributed by atoms with van der Waals surface area (Å²) in [6.07, 6.45) is 1.59. The summed E-state index contributed by atoms with van der Waals surface area (Å²) < 4.78 is 1.60. The largest absolute Gasteiger partial charge is 0.351 e. The van der Waals surface area contributed by atoms with Crippen LogP contribution >= 0.6 is 0 Å². The van der Waals surface area contributed by atoms with Gasteiger partial charge in [-0.3, -0.25) is 19.3 Å². The molecule has 0 unspecified atom stereocenters. The van der Waals surface area contributed by atoms with E-state index >= 15 is 0 Å². The zero-order chi connectivity index (χ0) is 21.5. The van der Waals surface area contributed by atoms with Crippen LogP contribution in [0.3, 0.4) is 0 Å². The monoisotopic (exact) mass is 420 g/mol. The number of anilines is 1. The molecule has 2 aromatic heterocycles. The van der Waals surface area contributed by atoms with Gasteiger partial charge in [-0.05, 0) is 12.1 Å². The molecule has 1 aromatic carbocycles. The van der Waals surface area contributed by atoms with Gasteiger partial charge in [0, 0.05) is 46.2 Å². The lowest BCUT2D eigenvalue weighted by Crippen LogP contribution is -2.49. The highest BCUT2D eigenvalue weighted by Crippen LogP contribution is 2.23. The third kappa shape index (κ3) is 3.18. The molecule has 2 aliphatic rings. The Morgan fingerprint density at radius 1 is 1.00 bits per heavy atom. The van der Waals surface area contributed by atoms with Crippen molar-refractivity contribution in [1.82, 2.24) is 34.8 Å². The molecule has 0 spiro atoms. The van der Waals surface area contributed by atoms with E-state index in [1.165, 1.54) is 6.33 Å². The number of fused-ring (bicyclic) bond motifs is 2. The summed E-state index contributed by atoms with van der Waals surface area (Å²) in [6.45, 7) is 2.32. The summed E-state index contributed by atoms with van der Waals surface area (Å²) in [5, 5.41) is 8.15. The van der Waals surface area contributed by atoms with Crippen LogP contribution in [-0.2, 0) is 11.8 Å². The van der Waals surface area contributed by atoms with Crippen LogP contribution in [0.1, 0.15) is 27.1 Å². The molecule has 0 bridgehead atoms. The minimum absolute atomic E-state index is 0.0801. The van der Waals surface area contributed by atoms with Crippen molar-refractivity contribution in [3.63, 3.8) is 0 Å². The maximum Gasteiger partial charge on any atom is 0.261 e. The van der Waals surface area contributed by atoms with E-state index in [1.807, 2.05) is 0 Å². The lowest BCUT2D eigenvalue weighted by Gasteiger charge is -2.35. The number of imide groups is 1. The molecule has 3 aromatic rings. The average molecular weight is 420 g/mol. The summed E-state index contributed by atoms with van der Waals surface area (Å²) in [5.74, 6) is -0.0512.